The minimum absolute atomic E-state index is 0.0126. The summed E-state index contributed by atoms with van der Waals surface area (Å²) in [4.78, 5) is 14.3. The van der Waals surface area contributed by atoms with E-state index in [1.807, 2.05) is 0 Å². The summed E-state index contributed by atoms with van der Waals surface area (Å²) in [6, 6.07) is 0. The maximum absolute atomic E-state index is 11.7. The van der Waals surface area contributed by atoms with Crippen LogP contribution in [0.1, 0.15) is 12.8 Å². The lowest BCUT2D eigenvalue weighted by Gasteiger charge is -1.95. The molecule has 0 aliphatic heterocycles. The molecular weight excluding hydrogens is 181 g/mol. The Morgan fingerprint density at radius 2 is 2.54 bits per heavy atom. The molecule has 0 amide bonds. The summed E-state index contributed by atoms with van der Waals surface area (Å²) in [5.74, 6) is -0.783. The van der Waals surface area contributed by atoms with Gasteiger partial charge in [-0.25, -0.2) is 0 Å². The molecule has 1 heterocycles. The predicted molar refractivity (Wildman–Crippen MR) is 39.4 cm³/mol. The van der Waals surface area contributed by atoms with Gasteiger partial charge in [-0.3, -0.25) is 4.79 Å². The highest BCUT2D eigenvalue weighted by Crippen LogP contribution is 2.03. The number of rotatable bonds is 4. The summed E-state index contributed by atoms with van der Waals surface area (Å²) in [5.41, 5.74) is 1.18. The number of esters is 1. The van der Waals surface area contributed by atoms with Gasteiger partial charge >= 0.3 is 5.97 Å². The van der Waals surface area contributed by atoms with Crippen LogP contribution >= 0.6 is 0 Å². The van der Waals surface area contributed by atoms with E-state index in [1.165, 1.54) is 5.54 Å². The smallest absolute Gasteiger partial charge is 0.315 e. The number of hydrogen-bond donors (Lipinski definition) is 1. The normalized spacial score (nSPS) is 9.69. The van der Waals surface area contributed by atoms with Crippen molar-refractivity contribution in [3.63, 3.8) is 0 Å². The molecule has 1 N–H and O–H groups in total. The Hall–Kier alpha value is -1.66. The monoisotopic (exact) mass is 189 g/mol. The Balaban J connectivity index is 2.49. The highest BCUT2D eigenvalue weighted by Gasteiger charge is 2.11. The molecule has 1 aromatic rings. The van der Waals surface area contributed by atoms with Crippen molar-refractivity contribution >= 4 is 11.9 Å². The van der Waals surface area contributed by atoms with Crippen molar-refractivity contribution in [2.75, 3.05) is 12.1 Å². The SMILES string of the molecule is CCOC(=O)Cc1nc(NF)no1. The Bertz CT molecular complexity index is 288. The van der Waals surface area contributed by atoms with Crippen LogP contribution in [0.25, 0.3) is 0 Å². The fourth-order valence-electron chi connectivity index (χ4n) is 0.701. The van der Waals surface area contributed by atoms with Crippen molar-refractivity contribution in [3.8, 4) is 0 Å². The second-order valence-corrected chi connectivity index (χ2v) is 2.09. The van der Waals surface area contributed by atoms with Gasteiger partial charge in [0, 0.05) is 0 Å². The van der Waals surface area contributed by atoms with Crippen molar-refractivity contribution in [3.05, 3.63) is 5.89 Å². The van der Waals surface area contributed by atoms with E-state index < -0.39 is 5.97 Å². The Morgan fingerprint density at radius 3 is 3.08 bits per heavy atom. The summed E-state index contributed by atoms with van der Waals surface area (Å²) in [6.07, 6.45) is -0.150. The zero-order chi connectivity index (χ0) is 9.68. The molecule has 0 aliphatic carbocycles. The number of aromatic nitrogens is 2. The molecule has 0 spiro atoms. The standard InChI is InChI=1S/C6H8FN3O3/c1-2-12-5(11)3-4-8-6(9-7)10-13-4/h2-3H2,1H3,(H,9,10). The number of anilines is 1. The lowest BCUT2D eigenvalue weighted by Crippen LogP contribution is -2.07. The quantitative estimate of drug-likeness (QED) is 0.548. The fourth-order valence-corrected chi connectivity index (χ4v) is 0.701. The molecule has 1 aromatic heterocycles. The van der Waals surface area contributed by atoms with E-state index in [0.717, 1.165) is 0 Å². The first-order valence-electron chi connectivity index (χ1n) is 3.61. The molecule has 0 atom stereocenters. The summed E-state index contributed by atoms with van der Waals surface area (Å²) >= 11 is 0. The van der Waals surface area contributed by atoms with Gasteiger partial charge in [0.15, 0.2) is 0 Å². The van der Waals surface area contributed by atoms with Crippen LogP contribution in [0.3, 0.4) is 0 Å². The number of hydrogen-bond acceptors (Lipinski definition) is 6. The van der Waals surface area contributed by atoms with E-state index in [4.69, 9.17) is 0 Å². The minimum Gasteiger partial charge on any atom is -0.466 e. The summed E-state index contributed by atoms with van der Waals surface area (Å²) < 4.78 is 20.8. The van der Waals surface area contributed by atoms with Gasteiger partial charge in [0.25, 0.3) is 5.95 Å². The number of carbonyl (C=O) groups is 1. The molecule has 6 nitrogen and oxygen atoms in total. The van der Waals surface area contributed by atoms with Crippen LogP contribution in [-0.4, -0.2) is 22.7 Å². The average molecular weight is 189 g/mol. The number of carbonyl (C=O) groups excluding carboxylic acids is 1. The fraction of sp³-hybridized carbons (Fsp3) is 0.500. The largest absolute Gasteiger partial charge is 0.466 e. The second-order valence-electron chi connectivity index (χ2n) is 2.09. The molecule has 0 radical (unpaired) electrons. The Kier molecular flexibility index (Phi) is 3.18. The summed E-state index contributed by atoms with van der Waals surface area (Å²) in [5, 5.41) is 3.17. The van der Waals surface area contributed by atoms with Crippen molar-refractivity contribution < 1.29 is 18.5 Å². The van der Waals surface area contributed by atoms with Crippen molar-refractivity contribution in [2.24, 2.45) is 0 Å². The van der Waals surface area contributed by atoms with E-state index in [0.29, 0.717) is 0 Å². The van der Waals surface area contributed by atoms with Crippen molar-refractivity contribution in [2.45, 2.75) is 13.3 Å². The zero-order valence-corrected chi connectivity index (χ0v) is 6.91. The first kappa shape index (κ1) is 9.43. The molecule has 0 aromatic carbocycles. The molecule has 72 valence electrons. The molecule has 0 aliphatic rings. The third-order valence-electron chi connectivity index (χ3n) is 1.15. The third kappa shape index (κ3) is 2.69. The predicted octanol–water partition coefficient (Wildman–Crippen LogP) is 0.472. The van der Waals surface area contributed by atoms with Gasteiger partial charge in [0.1, 0.15) is 6.42 Å². The van der Waals surface area contributed by atoms with E-state index >= 15 is 0 Å². The molecule has 13 heavy (non-hydrogen) atoms. The van der Waals surface area contributed by atoms with Crippen LogP contribution in [0.4, 0.5) is 10.4 Å². The molecule has 0 saturated carbocycles. The Morgan fingerprint density at radius 1 is 1.77 bits per heavy atom. The maximum atomic E-state index is 11.7. The highest BCUT2D eigenvalue weighted by atomic mass is 19.2. The van der Waals surface area contributed by atoms with Gasteiger partial charge in [-0.05, 0) is 12.1 Å². The first-order chi connectivity index (χ1) is 6.26. The van der Waals surface area contributed by atoms with Crippen LogP contribution in [-0.2, 0) is 16.0 Å². The number of ether oxygens (including phenoxy) is 1. The summed E-state index contributed by atoms with van der Waals surface area (Å²) in [7, 11) is 0. The van der Waals surface area contributed by atoms with Gasteiger partial charge in [0.2, 0.25) is 5.89 Å². The zero-order valence-electron chi connectivity index (χ0n) is 6.91. The molecule has 0 bridgehead atoms. The van der Waals surface area contributed by atoms with Crippen molar-refractivity contribution in [1.82, 2.24) is 10.1 Å². The van der Waals surface area contributed by atoms with E-state index in [2.05, 4.69) is 19.4 Å². The molecule has 0 unspecified atom stereocenters. The number of nitrogens with one attached hydrogen (secondary N) is 1. The van der Waals surface area contributed by atoms with Gasteiger partial charge in [-0.15, -0.1) is 0 Å². The van der Waals surface area contributed by atoms with Crippen LogP contribution in [0, 0.1) is 0 Å². The third-order valence-corrected chi connectivity index (χ3v) is 1.15. The molecule has 7 heteroatoms. The van der Waals surface area contributed by atoms with E-state index in [1.54, 1.807) is 6.92 Å². The van der Waals surface area contributed by atoms with Gasteiger partial charge in [0.05, 0.1) is 6.61 Å². The van der Waals surface area contributed by atoms with Crippen LogP contribution < -0.4 is 5.54 Å². The minimum atomic E-state index is -0.489. The molecule has 0 fully saturated rings. The van der Waals surface area contributed by atoms with E-state index in [-0.39, 0.29) is 24.9 Å². The van der Waals surface area contributed by atoms with Gasteiger partial charge < -0.3 is 9.26 Å². The number of halogens is 1. The first-order valence-corrected chi connectivity index (χ1v) is 3.61. The maximum Gasteiger partial charge on any atom is 0.315 e. The van der Waals surface area contributed by atoms with Crippen LogP contribution in [0.15, 0.2) is 4.52 Å². The number of nitrogens with zero attached hydrogens (tertiary/aromatic N) is 2. The van der Waals surface area contributed by atoms with E-state index in [9.17, 15) is 9.28 Å². The lowest BCUT2D eigenvalue weighted by atomic mass is 10.4. The topological polar surface area (TPSA) is 77.2 Å². The second kappa shape index (κ2) is 4.39. The molecular formula is C6H8FN3O3. The van der Waals surface area contributed by atoms with Crippen molar-refractivity contribution in [1.29, 1.82) is 0 Å². The average Bonchev–Trinajstić information content (AvgIpc) is 2.52. The highest BCUT2D eigenvalue weighted by molar-refractivity contribution is 5.71. The summed E-state index contributed by atoms with van der Waals surface area (Å²) in [6.45, 7) is 1.96. The van der Waals surface area contributed by atoms with Gasteiger partial charge in [-0.2, -0.15) is 10.5 Å². The van der Waals surface area contributed by atoms with Gasteiger partial charge in [-0.1, -0.05) is 4.48 Å². The molecule has 1 rings (SSSR count). The Labute approximate surface area is 73.0 Å². The lowest BCUT2D eigenvalue weighted by molar-refractivity contribution is -0.142. The molecule has 0 saturated heterocycles. The van der Waals surface area contributed by atoms with Crippen LogP contribution in [0.5, 0.6) is 0 Å². The van der Waals surface area contributed by atoms with Crippen LogP contribution in [0.2, 0.25) is 0 Å².